The van der Waals surface area contributed by atoms with Crippen molar-refractivity contribution >= 4 is 0 Å². The molecule has 18 heavy (non-hydrogen) atoms. The highest BCUT2D eigenvalue weighted by atomic mass is 16.5. The fraction of sp³-hybridized carbons (Fsp3) is 0.333. The summed E-state index contributed by atoms with van der Waals surface area (Å²) in [6.07, 6.45) is 2.85. The van der Waals surface area contributed by atoms with Gasteiger partial charge in [-0.05, 0) is 36.1 Å². The molecule has 0 saturated heterocycles. The lowest BCUT2D eigenvalue weighted by molar-refractivity contribution is 0.390. The monoisotopic (exact) mass is 244 g/mol. The van der Waals surface area contributed by atoms with E-state index in [1.807, 2.05) is 24.3 Å². The molecule has 1 fully saturated rings. The Balaban J connectivity index is 1.86. The molecule has 3 rings (SSSR count). The topological polar surface area (TPSA) is 31.6 Å². The number of furan rings is 1. The zero-order valence-electron chi connectivity index (χ0n) is 10.6. The average molecular weight is 244 g/mol. The van der Waals surface area contributed by atoms with Gasteiger partial charge < -0.3 is 13.9 Å². The number of rotatable bonds is 4. The fourth-order valence-corrected chi connectivity index (χ4v) is 2.48. The van der Waals surface area contributed by atoms with Crippen LogP contribution < -0.4 is 9.47 Å². The molecule has 2 atom stereocenters. The van der Waals surface area contributed by atoms with E-state index < -0.39 is 0 Å². The number of hydrogen-bond donors (Lipinski definition) is 0. The Morgan fingerprint density at radius 1 is 1.11 bits per heavy atom. The Labute approximate surface area is 106 Å². The van der Waals surface area contributed by atoms with Crippen molar-refractivity contribution in [3.8, 4) is 11.5 Å². The van der Waals surface area contributed by atoms with Crippen LogP contribution in [0.5, 0.6) is 11.5 Å². The third-order valence-electron chi connectivity index (χ3n) is 3.54. The maximum absolute atomic E-state index is 5.46. The van der Waals surface area contributed by atoms with Gasteiger partial charge in [0.1, 0.15) is 17.3 Å². The van der Waals surface area contributed by atoms with E-state index in [9.17, 15) is 0 Å². The molecule has 0 N–H and O–H groups in total. The maximum Gasteiger partial charge on any atom is 0.126 e. The molecule has 3 heteroatoms. The molecule has 2 aromatic rings. The molecule has 94 valence electrons. The van der Waals surface area contributed by atoms with Gasteiger partial charge in [-0.2, -0.15) is 0 Å². The van der Waals surface area contributed by atoms with Gasteiger partial charge >= 0.3 is 0 Å². The SMILES string of the molecule is COc1ccc([C@@H]2C[C@H]2c2ccco2)c(OC)c1. The summed E-state index contributed by atoms with van der Waals surface area (Å²) in [6.45, 7) is 0. The zero-order chi connectivity index (χ0) is 12.5. The highest BCUT2D eigenvalue weighted by molar-refractivity contribution is 5.46. The van der Waals surface area contributed by atoms with Crippen LogP contribution in [0.3, 0.4) is 0 Å². The van der Waals surface area contributed by atoms with Gasteiger partial charge in [0.2, 0.25) is 0 Å². The molecule has 0 radical (unpaired) electrons. The first-order valence-electron chi connectivity index (χ1n) is 6.09. The van der Waals surface area contributed by atoms with Crippen molar-refractivity contribution in [3.05, 3.63) is 47.9 Å². The van der Waals surface area contributed by atoms with Crippen LogP contribution in [0.25, 0.3) is 0 Å². The van der Waals surface area contributed by atoms with Gasteiger partial charge in [0.15, 0.2) is 0 Å². The van der Waals surface area contributed by atoms with Gasteiger partial charge in [0.25, 0.3) is 0 Å². The second-order valence-electron chi connectivity index (χ2n) is 4.57. The van der Waals surface area contributed by atoms with Gasteiger partial charge in [0, 0.05) is 12.0 Å². The molecular weight excluding hydrogens is 228 g/mol. The van der Waals surface area contributed by atoms with Crippen LogP contribution in [0, 0.1) is 0 Å². The number of ether oxygens (including phenoxy) is 2. The van der Waals surface area contributed by atoms with E-state index in [1.165, 1.54) is 5.56 Å². The molecular formula is C15H16O3. The van der Waals surface area contributed by atoms with E-state index in [2.05, 4.69) is 6.07 Å². The zero-order valence-corrected chi connectivity index (χ0v) is 10.6. The predicted molar refractivity (Wildman–Crippen MR) is 68.4 cm³/mol. The first kappa shape index (κ1) is 11.2. The fourth-order valence-electron chi connectivity index (χ4n) is 2.48. The van der Waals surface area contributed by atoms with Gasteiger partial charge in [-0.25, -0.2) is 0 Å². The molecule has 0 amide bonds. The molecule has 1 aromatic carbocycles. The number of hydrogen-bond acceptors (Lipinski definition) is 3. The summed E-state index contributed by atoms with van der Waals surface area (Å²) in [6, 6.07) is 9.99. The van der Waals surface area contributed by atoms with E-state index >= 15 is 0 Å². The van der Waals surface area contributed by atoms with Gasteiger partial charge in [-0.15, -0.1) is 0 Å². The van der Waals surface area contributed by atoms with E-state index in [-0.39, 0.29) is 0 Å². The predicted octanol–water partition coefficient (Wildman–Crippen LogP) is 3.57. The molecule has 1 heterocycles. The molecule has 1 aliphatic rings. The molecule has 1 aromatic heterocycles. The molecule has 0 spiro atoms. The van der Waals surface area contributed by atoms with Crippen molar-refractivity contribution in [1.29, 1.82) is 0 Å². The lowest BCUT2D eigenvalue weighted by Crippen LogP contribution is -1.93. The summed E-state index contributed by atoms with van der Waals surface area (Å²) in [5.74, 6) is 3.77. The van der Waals surface area contributed by atoms with Crippen molar-refractivity contribution in [3.63, 3.8) is 0 Å². The van der Waals surface area contributed by atoms with Crippen LogP contribution in [0.2, 0.25) is 0 Å². The van der Waals surface area contributed by atoms with Gasteiger partial charge in [-0.3, -0.25) is 0 Å². The van der Waals surface area contributed by atoms with Gasteiger partial charge in [0.05, 0.1) is 20.5 Å². The highest BCUT2D eigenvalue weighted by Crippen LogP contribution is 2.57. The Bertz CT molecular complexity index is 531. The third-order valence-corrected chi connectivity index (χ3v) is 3.54. The van der Waals surface area contributed by atoms with Crippen molar-refractivity contribution in [1.82, 2.24) is 0 Å². The lowest BCUT2D eigenvalue weighted by Gasteiger charge is -2.09. The Morgan fingerprint density at radius 3 is 2.67 bits per heavy atom. The second-order valence-corrected chi connectivity index (χ2v) is 4.57. The second kappa shape index (κ2) is 4.41. The molecule has 0 aliphatic heterocycles. The van der Waals surface area contributed by atoms with Gasteiger partial charge in [-0.1, -0.05) is 6.07 Å². The smallest absolute Gasteiger partial charge is 0.126 e. The summed E-state index contributed by atoms with van der Waals surface area (Å²) >= 11 is 0. The third kappa shape index (κ3) is 1.86. The molecule has 1 aliphatic carbocycles. The first-order chi connectivity index (χ1) is 8.83. The quantitative estimate of drug-likeness (QED) is 0.824. The summed E-state index contributed by atoms with van der Waals surface area (Å²) in [5, 5.41) is 0. The summed E-state index contributed by atoms with van der Waals surface area (Å²) in [7, 11) is 3.36. The summed E-state index contributed by atoms with van der Waals surface area (Å²) in [5.41, 5.74) is 1.24. The van der Waals surface area contributed by atoms with Crippen LogP contribution in [0.4, 0.5) is 0 Å². The Morgan fingerprint density at radius 2 is 2.00 bits per heavy atom. The van der Waals surface area contributed by atoms with Crippen LogP contribution in [-0.4, -0.2) is 14.2 Å². The molecule has 0 bridgehead atoms. The van der Waals surface area contributed by atoms with Crippen molar-refractivity contribution in [2.75, 3.05) is 14.2 Å². The Hall–Kier alpha value is -1.90. The molecule has 0 unspecified atom stereocenters. The van der Waals surface area contributed by atoms with Crippen molar-refractivity contribution in [2.24, 2.45) is 0 Å². The minimum absolute atomic E-state index is 0.488. The van der Waals surface area contributed by atoms with E-state index in [1.54, 1.807) is 20.5 Å². The molecule has 1 saturated carbocycles. The minimum Gasteiger partial charge on any atom is -0.497 e. The summed E-state index contributed by atoms with van der Waals surface area (Å²) in [4.78, 5) is 0. The maximum atomic E-state index is 5.46. The van der Waals surface area contributed by atoms with E-state index in [4.69, 9.17) is 13.9 Å². The van der Waals surface area contributed by atoms with Crippen molar-refractivity contribution in [2.45, 2.75) is 18.3 Å². The Kier molecular flexibility index (Phi) is 2.74. The van der Waals surface area contributed by atoms with Crippen LogP contribution >= 0.6 is 0 Å². The normalized spacial score (nSPS) is 21.7. The standard InChI is InChI=1S/C15H16O3/c1-16-10-5-6-11(15(8-10)17-2)12-9-13(12)14-4-3-7-18-14/h3-8,12-13H,9H2,1-2H3/t12-,13+/m0/s1. The molecule has 3 nitrogen and oxygen atoms in total. The van der Waals surface area contributed by atoms with E-state index in [0.717, 1.165) is 23.7 Å². The first-order valence-corrected chi connectivity index (χ1v) is 6.09. The minimum atomic E-state index is 0.488. The largest absolute Gasteiger partial charge is 0.497 e. The van der Waals surface area contributed by atoms with E-state index in [0.29, 0.717) is 11.8 Å². The highest BCUT2D eigenvalue weighted by Gasteiger charge is 2.43. The average Bonchev–Trinajstić information content (AvgIpc) is 3.02. The van der Waals surface area contributed by atoms with Crippen LogP contribution in [-0.2, 0) is 0 Å². The van der Waals surface area contributed by atoms with Crippen molar-refractivity contribution < 1.29 is 13.9 Å². The summed E-state index contributed by atoms with van der Waals surface area (Å²) < 4.78 is 16.1. The van der Waals surface area contributed by atoms with Crippen LogP contribution in [0.15, 0.2) is 41.0 Å². The number of methoxy groups -OCH3 is 2. The number of benzene rings is 1. The lowest BCUT2D eigenvalue weighted by atomic mass is 10.1. The van der Waals surface area contributed by atoms with Crippen LogP contribution in [0.1, 0.15) is 29.6 Å².